The van der Waals surface area contributed by atoms with Crippen molar-refractivity contribution in [3.8, 4) is 5.75 Å². The van der Waals surface area contributed by atoms with Crippen LogP contribution in [0.5, 0.6) is 5.75 Å². The molecule has 2 aliphatic heterocycles. The van der Waals surface area contributed by atoms with Crippen molar-refractivity contribution in [1.29, 1.82) is 0 Å². The number of benzene rings is 2. The number of hydrogen-bond acceptors (Lipinski definition) is 5. The lowest BCUT2D eigenvalue weighted by molar-refractivity contribution is -0.119. The molecule has 4 rings (SSSR count). The fourth-order valence-corrected chi connectivity index (χ4v) is 7.20. The summed E-state index contributed by atoms with van der Waals surface area (Å²) in [6.45, 7) is -0.223. The van der Waals surface area contributed by atoms with Crippen LogP contribution >= 0.6 is 11.8 Å². The maximum absolute atomic E-state index is 13.3. The first-order chi connectivity index (χ1) is 13.4. The molecule has 0 unspecified atom stereocenters. The first-order valence-electron chi connectivity index (χ1n) is 8.62. The Hall–Kier alpha value is -2.39. The Bertz CT molecular complexity index is 1010. The normalized spacial score (nSPS) is 24.3. The first kappa shape index (κ1) is 18.9. The molecule has 2 aromatic carbocycles. The number of rotatable bonds is 4. The second kappa shape index (κ2) is 7.56. The van der Waals surface area contributed by atoms with Crippen LogP contribution in [0.25, 0.3) is 0 Å². The van der Waals surface area contributed by atoms with Crippen molar-refractivity contribution in [3.63, 3.8) is 0 Å². The van der Waals surface area contributed by atoms with Gasteiger partial charge in [-0.25, -0.2) is 12.8 Å². The zero-order valence-electron chi connectivity index (χ0n) is 14.7. The molecule has 9 heteroatoms. The lowest BCUT2D eigenvalue weighted by Crippen LogP contribution is -2.37. The summed E-state index contributed by atoms with van der Waals surface area (Å²) in [5.74, 6) is -0.282. The highest BCUT2D eigenvalue weighted by Gasteiger charge is 2.49. The van der Waals surface area contributed by atoms with E-state index in [1.54, 1.807) is 41.3 Å². The SMILES string of the molecule is O=C(COc1ccccc1)N=C1S[C@H]2CS(=O)(=O)C[C@H]2N1c1ccc(F)cc1. The summed E-state index contributed by atoms with van der Waals surface area (Å²) in [4.78, 5) is 18.2. The number of carbonyl (C=O) groups excluding carboxylic acids is 1. The number of para-hydroxylation sites is 1. The monoisotopic (exact) mass is 420 g/mol. The molecule has 146 valence electrons. The number of amides is 1. The van der Waals surface area contributed by atoms with Gasteiger partial charge in [-0.3, -0.25) is 4.79 Å². The van der Waals surface area contributed by atoms with E-state index in [2.05, 4.69) is 4.99 Å². The number of fused-ring (bicyclic) bond motifs is 1. The number of nitrogens with zero attached hydrogens (tertiary/aromatic N) is 2. The van der Waals surface area contributed by atoms with E-state index in [0.717, 1.165) is 0 Å². The summed E-state index contributed by atoms with van der Waals surface area (Å²) in [5.41, 5.74) is 0.606. The minimum Gasteiger partial charge on any atom is -0.484 e. The molecule has 2 atom stereocenters. The molecule has 0 aromatic heterocycles. The number of hydrogen-bond donors (Lipinski definition) is 0. The van der Waals surface area contributed by atoms with Crippen molar-refractivity contribution in [2.75, 3.05) is 23.0 Å². The summed E-state index contributed by atoms with van der Waals surface area (Å²) in [5, 5.41) is 0.204. The molecule has 2 fully saturated rings. The van der Waals surface area contributed by atoms with Gasteiger partial charge in [-0.2, -0.15) is 4.99 Å². The Balaban J connectivity index is 1.56. The molecular weight excluding hydrogens is 403 g/mol. The number of aliphatic imine (C=N–C) groups is 1. The second-order valence-corrected chi connectivity index (χ2v) is 9.90. The summed E-state index contributed by atoms with van der Waals surface area (Å²) >= 11 is 1.27. The number of ether oxygens (including phenoxy) is 1. The van der Waals surface area contributed by atoms with Crippen molar-refractivity contribution in [2.24, 2.45) is 4.99 Å². The van der Waals surface area contributed by atoms with Crippen LogP contribution in [-0.2, 0) is 14.6 Å². The number of amidine groups is 1. The highest BCUT2D eigenvalue weighted by Crippen LogP contribution is 2.40. The van der Waals surface area contributed by atoms with E-state index in [1.165, 1.54) is 23.9 Å². The molecule has 2 heterocycles. The fourth-order valence-electron chi connectivity index (χ4n) is 3.27. The molecule has 0 bridgehead atoms. The zero-order valence-corrected chi connectivity index (χ0v) is 16.3. The molecule has 2 saturated heterocycles. The van der Waals surface area contributed by atoms with Crippen molar-refractivity contribution in [1.82, 2.24) is 0 Å². The van der Waals surface area contributed by atoms with Crippen LogP contribution in [0.1, 0.15) is 0 Å². The maximum atomic E-state index is 13.3. The third-order valence-corrected chi connectivity index (χ3v) is 7.71. The lowest BCUT2D eigenvalue weighted by atomic mass is 10.2. The summed E-state index contributed by atoms with van der Waals surface area (Å²) in [7, 11) is -3.15. The molecule has 1 amide bonds. The quantitative estimate of drug-likeness (QED) is 0.757. The largest absolute Gasteiger partial charge is 0.484 e. The average Bonchev–Trinajstić information content (AvgIpc) is 3.12. The third-order valence-electron chi connectivity index (χ3n) is 4.50. The van der Waals surface area contributed by atoms with Crippen LogP contribution in [0.3, 0.4) is 0 Å². The summed E-state index contributed by atoms with van der Waals surface area (Å²) < 4.78 is 42.8. The molecular formula is C19H17FN2O4S2. The van der Waals surface area contributed by atoms with E-state index in [0.29, 0.717) is 16.6 Å². The smallest absolute Gasteiger partial charge is 0.285 e. The number of thioether (sulfide) groups is 1. The number of halogens is 1. The van der Waals surface area contributed by atoms with Gasteiger partial charge in [0, 0.05) is 10.9 Å². The number of sulfone groups is 1. The van der Waals surface area contributed by atoms with E-state index in [9.17, 15) is 17.6 Å². The van der Waals surface area contributed by atoms with Crippen LogP contribution in [0.4, 0.5) is 10.1 Å². The Labute approximate surface area is 166 Å². The minimum absolute atomic E-state index is 0.0181. The molecule has 0 spiro atoms. The average molecular weight is 420 g/mol. The van der Waals surface area contributed by atoms with Gasteiger partial charge >= 0.3 is 0 Å². The van der Waals surface area contributed by atoms with Crippen LogP contribution in [-0.4, -0.2) is 48.9 Å². The van der Waals surface area contributed by atoms with Gasteiger partial charge in [-0.1, -0.05) is 30.0 Å². The highest BCUT2D eigenvalue weighted by atomic mass is 32.2. The van der Waals surface area contributed by atoms with Crippen LogP contribution in [0.2, 0.25) is 0 Å². The van der Waals surface area contributed by atoms with Crippen molar-refractivity contribution < 1.29 is 22.3 Å². The van der Waals surface area contributed by atoms with Gasteiger partial charge in [0.05, 0.1) is 17.5 Å². The van der Waals surface area contributed by atoms with Gasteiger partial charge in [0.15, 0.2) is 21.6 Å². The van der Waals surface area contributed by atoms with E-state index >= 15 is 0 Å². The van der Waals surface area contributed by atoms with Gasteiger partial charge in [-0.15, -0.1) is 0 Å². The molecule has 0 N–H and O–H groups in total. The molecule has 6 nitrogen and oxygen atoms in total. The zero-order chi connectivity index (χ0) is 19.7. The Morgan fingerprint density at radius 1 is 1.14 bits per heavy atom. The van der Waals surface area contributed by atoms with Crippen molar-refractivity contribution >= 4 is 38.4 Å². The Kier molecular flexibility index (Phi) is 5.11. The predicted octanol–water partition coefficient (Wildman–Crippen LogP) is 2.51. The Morgan fingerprint density at radius 3 is 2.57 bits per heavy atom. The molecule has 28 heavy (non-hydrogen) atoms. The number of carbonyl (C=O) groups is 1. The summed E-state index contributed by atoms with van der Waals surface area (Å²) in [6.07, 6.45) is 0. The van der Waals surface area contributed by atoms with Crippen LogP contribution in [0, 0.1) is 5.82 Å². The molecule has 0 radical (unpaired) electrons. The summed E-state index contributed by atoms with van der Waals surface area (Å²) in [6, 6.07) is 14.3. The molecule has 2 aliphatic rings. The van der Waals surface area contributed by atoms with Crippen molar-refractivity contribution in [3.05, 3.63) is 60.4 Å². The third kappa shape index (κ3) is 4.05. The minimum atomic E-state index is -3.15. The van der Waals surface area contributed by atoms with E-state index in [4.69, 9.17) is 4.74 Å². The highest BCUT2D eigenvalue weighted by molar-refractivity contribution is 8.16. The van der Waals surface area contributed by atoms with Gasteiger partial charge in [0.1, 0.15) is 11.6 Å². The van der Waals surface area contributed by atoms with Gasteiger partial charge in [0.2, 0.25) is 0 Å². The van der Waals surface area contributed by atoms with Gasteiger partial charge < -0.3 is 9.64 Å². The predicted molar refractivity (Wildman–Crippen MR) is 107 cm³/mol. The van der Waals surface area contributed by atoms with Gasteiger partial charge in [-0.05, 0) is 36.4 Å². The second-order valence-electron chi connectivity index (χ2n) is 6.54. The Morgan fingerprint density at radius 2 is 1.86 bits per heavy atom. The van der Waals surface area contributed by atoms with E-state index in [-0.39, 0.29) is 29.4 Å². The van der Waals surface area contributed by atoms with E-state index in [1.807, 2.05) is 6.07 Å². The van der Waals surface area contributed by atoms with Gasteiger partial charge in [0.25, 0.3) is 5.91 Å². The first-order valence-corrected chi connectivity index (χ1v) is 11.3. The van der Waals surface area contributed by atoms with E-state index < -0.39 is 21.6 Å². The molecule has 0 aliphatic carbocycles. The maximum Gasteiger partial charge on any atom is 0.285 e. The van der Waals surface area contributed by atoms with Crippen LogP contribution in [0.15, 0.2) is 59.6 Å². The fraction of sp³-hybridized carbons (Fsp3) is 0.263. The number of anilines is 1. The lowest BCUT2D eigenvalue weighted by Gasteiger charge is -2.24. The standard InChI is InChI=1S/C19H17FN2O4S2/c20-13-6-8-14(9-7-13)22-16-11-28(24,25)12-17(16)27-19(22)21-18(23)10-26-15-4-2-1-3-5-15/h1-9,16-17H,10-12H2/t16-,17+/m1/s1. The molecule has 0 saturated carbocycles. The van der Waals surface area contributed by atoms with Crippen LogP contribution < -0.4 is 9.64 Å². The topological polar surface area (TPSA) is 76.0 Å². The van der Waals surface area contributed by atoms with Crippen molar-refractivity contribution in [2.45, 2.75) is 11.3 Å². The molecule has 2 aromatic rings.